The second-order valence-corrected chi connectivity index (χ2v) is 4.21. The number of piperidine rings is 1. The lowest BCUT2D eigenvalue weighted by molar-refractivity contribution is 0.324. The second-order valence-electron chi connectivity index (χ2n) is 4.21. The zero-order valence-electron chi connectivity index (χ0n) is 10.3. The third-order valence-electron chi connectivity index (χ3n) is 3.19. The lowest BCUT2D eigenvalue weighted by Crippen LogP contribution is -2.27. The minimum absolute atomic E-state index is 0.192. The Kier molecular flexibility index (Phi) is 3.84. The van der Waals surface area contributed by atoms with Gasteiger partial charge in [-0.15, -0.1) is 0 Å². The van der Waals surface area contributed by atoms with E-state index in [-0.39, 0.29) is 17.6 Å². The SMILES string of the molecule is COc1c(F)ccc(C2CCCCN2)c1OC. The molecule has 1 heterocycles. The Morgan fingerprint density at radius 2 is 1.94 bits per heavy atom. The first-order valence-corrected chi connectivity index (χ1v) is 5.91. The van der Waals surface area contributed by atoms with Crippen molar-refractivity contribution in [2.24, 2.45) is 0 Å². The Morgan fingerprint density at radius 1 is 1.18 bits per heavy atom. The number of methoxy groups -OCH3 is 2. The van der Waals surface area contributed by atoms with Gasteiger partial charge in [-0.05, 0) is 25.5 Å². The maximum absolute atomic E-state index is 13.6. The summed E-state index contributed by atoms with van der Waals surface area (Å²) in [5.74, 6) is 0.313. The third kappa shape index (κ3) is 2.36. The number of hydrogen-bond donors (Lipinski definition) is 1. The average molecular weight is 239 g/mol. The van der Waals surface area contributed by atoms with Crippen LogP contribution < -0.4 is 14.8 Å². The Labute approximate surface area is 101 Å². The lowest BCUT2D eigenvalue weighted by Gasteiger charge is -2.26. The molecule has 0 aromatic heterocycles. The van der Waals surface area contributed by atoms with E-state index in [0.717, 1.165) is 18.5 Å². The van der Waals surface area contributed by atoms with Crippen molar-refractivity contribution in [1.82, 2.24) is 5.32 Å². The summed E-state index contributed by atoms with van der Waals surface area (Å²) in [6.45, 7) is 0.994. The molecular weight excluding hydrogens is 221 g/mol. The predicted molar refractivity (Wildman–Crippen MR) is 64.1 cm³/mol. The van der Waals surface area contributed by atoms with Gasteiger partial charge in [-0.25, -0.2) is 4.39 Å². The van der Waals surface area contributed by atoms with Crippen LogP contribution in [0.3, 0.4) is 0 Å². The van der Waals surface area contributed by atoms with Crippen molar-refractivity contribution < 1.29 is 13.9 Å². The van der Waals surface area contributed by atoms with Crippen LogP contribution >= 0.6 is 0 Å². The molecule has 1 aliphatic heterocycles. The van der Waals surface area contributed by atoms with Crippen molar-refractivity contribution in [1.29, 1.82) is 0 Å². The van der Waals surface area contributed by atoms with Gasteiger partial charge in [-0.3, -0.25) is 0 Å². The van der Waals surface area contributed by atoms with Gasteiger partial charge in [0, 0.05) is 11.6 Å². The number of benzene rings is 1. The van der Waals surface area contributed by atoms with Gasteiger partial charge in [0.05, 0.1) is 14.2 Å². The number of halogens is 1. The molecule has 1 unspecified atom stereocenters. The molecule has 4 heteroatoms. The molecule has 0 radical (unpaired) electrons. The molecule has 1 atom stereocenters. The standard InChI is InChI=1S/C13H18FNO2/c1-16-12-9(11-5-3-4-8-15-11)6-7-10(14)13(12)17-2/h6-7,11,15H,3-5,8H2,1-2H3. The molecule has 1 aromatic carbocycles. The molecule has 17 heavy (non-hydrogen) atoms. The molecule has 1 aromatic rings. The summed E-state index contributed by atoms with van der Waals surface area (Å²) in [6.07, 6.45) is 3.42. The van der Waals surface area contributed by atoms with Crippen molar-refractivity contribution in [3.8, 4) is 11.5 Å². The zero-order chi connectivity index (χ0) is 12.3. The number of rotatable bonds is 3. The third-order valence-corrected chi connectivity index (χ3v) is 3.19. The molecule has 94 valence electrons. The molecule has 2 rings (SSSR count). The number of nitrogens with one attached hydrogen (secondary N) is 1. The molecule has 0 aliphatic carbocycles. The van der Waals surface area contributed by atoms with Crippen LogP contribution in [0, 0.1) is 5.82 Å². The minimum Gasteiger partial charge on any atom is -0.492 e. The van der Waals surface area contributed by atoms with Gasteiger partial charge in [0.2, 0.25) is 0 Å². The van der Waals surface area contributed by atoms with Gasteiger partial charge in [-0.2, -0.15) is 0 Å². The van der Waals surface area contributed by atoms with E-state index in [0.29, 0.717) is 5.75 Å². The first kappa shape index (κ1) is 12.2. The van der Waals surface area contributed by atoms with Crippen molar-refractivity contribution in [3.05, 3.63) is 23.5 Å². The van der Waals surface area contributed by atoms with Crippen molar-refractivity contribution in [2.75, 3.05) is 20.8 Å². The van der Waals surface area contributed by atoms with Crippen LogP contribution in [0.25, 0.3) is 0 Å². The summed E-state index contributed by atoms with van der Waals surface area (Å²) < 4.78 is 23.9. The number of ether oxygens (including phenoxy) is 2. The van der Waals surface area contributed by atoms with Gasteiger partial charge < -0.3 is 14.8 Å². The van der Waals surface area contributed by atoms with Crippen LogP contribution in [0.4, 0.5) is 4.39 Å². The van der Waals surface area contributed by atoms with Crippen molar-refractivity contribution >= 4 is 0 Å². The highest BCUT2D eigenvalue weighted by molar-refractivity contribution is 5.49. The molecule has 0 spiro atoms. The first-order chi connectivity index (χ1) is 8.27. The smallest absolute Gasteiger partial charge is 0.197 e. The summed E-state index contributed by atoms with van der Waals surface area (Å²) in [4.78, 5) is 0. The molecule has 3 nitrogen and oxygen atoms in total. The van der Waals surface area contributed by atoms with Gasteiger partial charge in [0.1, 0.15) is 0 Å². The van der Waals surface area contributed by atoms with Crippen LogP contribution in [0.5, 0.6) is 11.5 Å². The van der Waals surface area contributed by atoms with Gasteiger partial charge >= 0.3 is 0 Å². The summed E-state index contributed by atoms with van der Waals surface area (Å²) >= 11 is 0. The van der Waals surface area contributed by atoms with E-state index in [1.807, 2.05) is 0 Å². The Balaban J connectivity index is 2.38. The highest BCUT2D eigenvalue weighted by Gasteiger charge is 2.22. The van der Waals surface area contributed by atoms with Crippen LogP contribution in [-0.2, 0) is 0 Å². The molecule has 1 aliphatic rings. The fraction of sp³-hybridized carbons (Fsp3) is 0.538. The van der Waals surface area contributed by atoms with E-state index >= 15 is 0 Å². The second kappa shape index (κ2) is 5.36. The van der Waals surface area contributed by atoms with Crippen LogP contribution in [-0.4, -0.2) is 20.8 Å². The highest BCUT2D eigenvalue weighted by Crippen LogP contribution is 2.39. The number of hydrogen-bond acceptors (Lipinski definition) is 3. The summed E-state index contributed by atoms with van der Waals surface area (Å²) in [7, 11) is 3.00. The van der Waals surface area contributed by atoms with Gasteiger partial charge in [0.25, 0.3) is 0 Å². The first-order valence-electron chi connectivity index (χ1n) is 5.91. The van der Waals surface area contributed by atoms with Crippen LogP contribution in [0.2, 0.25) is 0 Å². The Bertz CT molecular complexity index is 389. The largest absolute Gasteiger partial charge is 0.492 e. The van der Waals surface area contributed by atoms with Crippen molar-refractivity contribution in [3.63, 3.8) is 0 Å². The highest BCUT2D eigenvalue weighted by atomic mass is 19.1. The van der Waals surface area contributed by atoms with Gasteiger partial charge in [-0.1, -0.05) is 12.5 Å². The van der Waals surface area contributed by atoms with Crippen LogP contribution in [0.15, 0.2) is 12.1 Å². The van der Waals surface area contributed by atoms with E-state index in [4.69, 9.17) is 9.47 Å². The van der Waals surface area contributed by atoms with E-state index in [9.17, 15) is 4.39 Å². The molecule has 0 bridgehead atoms. The molecule has 1 N–H and O–H groups in total. The molecule has 1 fully saturated rings. The van der Waals surface area contributed by atoms with Gasteiger partial charge in [0.15, 0.2) is 17.3 Å². The van der Waals surface area contributed by atoms with E-state index in [1.54, 1.807) is 13.2 Å². The quantitative estimate of drug-likeness (QED) is 0.879. The molecule has 1 saturated heterocycles. The normalized spacial score (nSPS) is 20.1. The van der Waals surface area contributed by atoms with Crippen molar-refractivity contribution in [2.45, 2.75) is 25.3 Å². The fourth-order valence-electron chi connectivity index (χ4n) is 2.35. The van der Waals surface area contributed by atoms with Crippen LogP contribution in [0.1, 0.15) is 30.9 Å². The Hall–Kier alpha value is -1.29. The fourth-order valence-corrected chi connectivity index (χ4v) is 2.35. The summed E-state index contributed by atoms with van der Waals surface area (Å²) in [5.41, 5.74) is 0.977. The molecule has 0 amide bonds. The monoisotopic (exact) mass is 239 g/mol. The predicted octanol–water partition coefficient (Wildman–Crippen LogP) is 2.66. The topological polar surface area (TPSA) is 30.5 Å². The summed E-state index contributed by atoms with van der Waals surface area (Å²) in [5, 5.41) is 3.42. The van der Waals surface area contributed by atoms with E-state index in [1.165, 1.54) is 26.0 Å². The minimum atomic E-state index is -0.385. The van der Waals surface area contributed by atoms with E-state index in [2.05, 4.69) is 5.32 Å². The summed E-state index contributed by atoms with van der Waals surface area (Å²) in [6, 6.07) is 3.44. The molecule has 0 saturated carbocycles. The lowest BCUT2D eigenvalue weighted by atomic mass is 9.96. The molecular formula is C13H18FNO2. The zero-order valence-corrected chi connectivity index (χ0v) is 10.3. The average Bonchev–Trinajstić information content (AvgIpc) is 2.39. The van der Waals surface area contributed by atoms with E-state index < -0.39 is 0 Å². The maximum atomic E-state index is 13.6. The Morgan fingerprint density at radius 3 is 2.53 bits per heavy atom. The maximum Gasteiger partial charge on any atom is 0.197 e.